The van der Waals surface area contributed by atoms with E-state index in [9.17, 15) is 9.59 Å². The third-order valence-electron chi connectivity index (χ3n) is 2.77. The lowest BCUT2D eigenvalue weighted by molar-refractivity contribution is 0.0696. The lowest BCUT2D eigenvalue weighted by atomic mass is 10.1. The van der Waals surface area contributed by atoms with E-state index in [1.165, 1.54) is 23.9 Å². The zero-order valence-corrected chi connectivity index (χ0v) is 12.6. The molecule has 0 aliphatic carbocycles. The highest BCUT2D eigenvalue weighted by Crippen LogP contribution is 2.30. The van der Waals surface area contributed by atoms with Gasteiger partial charge in [-0.2, -0.15) is 11.1 Å². The van der Waals surface area contributed by atoms with E-state index in [0.29, 0.717) is 4.90 Å². The minimum atomic E-state index is -1.17. The van der Waals surface area contributed by atoms with Gasteiger partial charge >= 0.3 is 11.9 Å². The van der Waals surface area contributed by atoms with E-state index in [0.717, 1.165) is 16.6 Å². The van der Waals surface area contributed by atoms with Crippen molar-refractivity contribution in [3.8, 4) is 0 Å². The molecule has 9 heteroatoms. The number of carboxylic acid groups (broad SMARTS) is 2. The van der Waals surface area contributed by atoms with Crippen molar-refractivity contribution >= 4 is 29.4 Å². The second-order valence-electron chi connectivity index (χ2n) is 4.38. The maximum absolute atomic E-state index is 11.1. The molecule has 0 unspecified atom stereocenters. The van der Waals surface area contributed by atoms with Crippen molar-refractivity contribution in [3.63, 3.8) is 0 Å². The smallest absolute Gasteiger partial charge is 0.335 e. The molecule has 0 fully saturated rings. The molecule has 0 spiro atoms. The van der Waals surface area contributed by atoms with Gasteiger partial charge in [-0.05, 0) is 42.5 Å². The molecule has 0 aliphatic rings. The fourth-order valence-electron chi connectivity index (χ4n) is 1.76. The summed E-state index contributed by atoms with van der Waals surface area (Å²) in [6.45, 7) is 0. The number of hydrogen-bond acceptors (Lipinski definition) is 7. The van der Waals surface area contributed by atoms with E-state index >= 15 is 0 Å². The molecular weight excluding hydrogens is 320 g/mol. The molecule has 23 heavy (non-hydrogen) atoms. The summed E-state index contributed by atoms with van der Waals surface area (Å²) in [6.07, 6.45) is 0. The Morgan fingerprint density at radius 1 is 0.913 bits per heavy atom. The van der Waals surface area contributed by atoms with Gasteiger partial charge in [0, 0.05) is 9.79 Å². The van der Waals surface area contributed by atoms with Crippen LogP contribution in [0.25, 0.3) is 0 Å². The molecule has 7 N–H and O–H groups in total. The highest BCUT2D eigenvalue weighted by atomic mass is 32.2. The van der Waals surface area contributed by atoms with E-state index in [1.54, 1.807) is 24.3 Å². The summed E-state index contributed by atoms with van der Waals surface area (Å²) in [5.41, 5.74) is 8.15. The third kappa shape index (κ3) is 4.69. The molecule has 0 saturated carbocycles. The molecule has 0 atom stereocenters. The SMILES string of the molecule is NNNNc1ccc(Sc2cc(C(=O)O)cc(C(=O)O)c2)cc1. The van der Waals surface area contributed by atoms with Gasteiger partial charge in [0.15, 0.2) is 0 Å². The average Bonchev–Trinajstić information content (AvgIpc) is 2.53. The maximum Gasteiger partial charge on any atom is 0.335 e. The Morgan fingerprint density at radius 3 is 1.96 bits per heavy atom. The summed E-state index contributed by atoms with van der Waals surface area (Å²) in [5, 5.41) is 18.1. The van der Waals surface area contributed by atoms with Crippen LogP contribution >= 0.6 is 11.8 Å². The average molecular weight is 334 g/mol. The molecule has 0 amide bonds. The number of nitrogens with two attached hydrogens (primary N) is 1. The molecule has 2 aromatic rings. The molecule has 2 aromatic carbocycles. The minimum Gasteiger partial charge on any atom is -0.478 e. The minimum absolute atomic E-state index is 0.0658. The predicted molar refractivity (Wildman–Crippen MR) is 85.0 cm³/mol. The van der Waals surface area contributed by atoms with Crippen molar-refractivity contribution in [1.82, 2.24) is 11.1 Å². The van der Waals surface area contributed by atoms with Crippen LogP contribution in [0.1, 0.15) is 20.7 Å². The van der Waals surface area contributed by atoms with Crippen LogP contribution in [0, 0.1) is 0 Å². The fourth-order valence-corrected chi connectivity index (χ4v) is 2.67. The number of nitrogens with one attached hydrogen (secondary N) is 3. The zero-order valence-electron chi connectivity index (χ0n) is 11.7. The Labute approximate surface area is 135 Å². The monoisotopic (exact) mass is 334 g/mol. The third-order valence-corrected chi connectivity index (χ3v) is 3.75. The highest BCUT2D eigenvalue weighted by molar-refractivity contribution is 7.99. The quantitative estimate of drug-likeness (QED) is 0.329. The van der Waals surface area contributed by atoms with E-state index in [4.69, 9.17) is 16.1 Å². The van der Waals surface area contributed by atoms with Gasteiger partial charge in [-0.15, -0.1) is 0 Å². The summed E-state index contributed by atoms with van der Waals surface area (Å²) in [7, 11) is 0. The van der Waals surface area contributed by atoms with Crippen LogP contribution in [0.15, 0.2) is 52.3 Å². The Hall–Kier alpha value is -2.59. The topological polar surface area (TPSA) is 137 Å². The first kappa shape index (κ1) is 16.8. The summed E-state index contributed by atoms with van der Waals surface area (Å²) in [4.78, 5) is 23.5. The fraction of sp³-hybridized carbons (Fsp3) is 0. The molecule has 2 rings (SSSR count). The lowest BCUT2D eigenvalue weighted by Gasteiger charge is -2.08. The molecular formula is C14H14N4O4S. The van der Waals surface area contributed by atoms with E-state index < -0.39 is 11.9 Å². The van der Waals surface area contributed by atoms with Gasteiger partial charge in [0.05, 0.1) is 16.8 Å². The number of aromatic carboxylic acids is 2. The number of rotatable bonds is 7. The number of hydrazine groups is 3. The summed E-state index contributed by atoms with van der Waals surface area (Å²) < 4.78 is 0. The van der Waals surface area contributed by atoms with Crippen LogP contribution in [0.4, 0.5) is 5.69 Å². The van der Waals surface area contributed by atoms with E-state index in [2.05, 4.69) is 16.5 Å². The standard InChI is InChI=1S/C14H14N4O4S/c15-17-18-16-10-1-3-11(4-2-10)23-12-6-8(13(19)20)5-9(7-12)14(21)22/h1-7,16-18H,15H2,(H,19,20)(H,21,22). The van der Waals surface area contributed by atoms with Crippen molar-refractivity contribution in [2.24, 2.45) is 5.84 Å². The van der Waals surface area contributed by atoms with Crippen molar-refractivity contribution in [1.29, 1.82) is 0 Å². The number of anilines is 1. The van der Waals surface area contributed by atoms with Gasteiger partial charge in [0.2, 0.25) is 0 Å². The van der Waals surface area contributed by atoms with Gasteiger partial charge in [-0.3, -0.25) is 5.84 Å². The number of benzene rings is 2. The largest absolute Gasteiger partial charge is 0.478 e. The molecule has 120 valence electrons. The Balaban J connectivity index is 2.21. The Morgan fingerprint density at radius 2 is 1.48 bits per heavy atom. The van der Waals surface area contributed by atoms with Gasteiger partial charge < -0.3 is 15.6 Å². The Kier molecular flexibility index (Phi) is 5.55. The maximum atomic E-state index is 11.1. The van der Waals surface area contributed by atoms with Crippen LogP contribution in [-0.4, -0.2) is 22.2 Å². The highest BCUT2D eigenvalue weighted by Gasteiger charge is 2.12. The summed E-state index contributed by atoms with van der Waals surface area (Å²) in [6, 6.07) is 11.2. The molecule has 0 bridgehead atoms. The molecule has 8 nitrogen and oxygen atoms in total. The van der Waals surface area contributed by atoms with Gasteiger partial charge in [-0.25, -0.2) is 9.59 Å². The van der Waals surface area contributed by atoms with Gasteiger partial charge in [0.25, 0.3) is 0 Å². The van der Waals surface area contributed by atoms with Crippen LogP contribution in [-0.2, 0) is 0 Å². The number of carboxylic acids is 2. The molecule has 0 saturated heterocycles. The van der Waals surface area contributed by atoms with Crippen molar-refractivity contribution in [2.75, 3.05) is 5.43 Å². The second-order valence-corrected chi connectivity index (χ2v) is 5.52. The molecule has 0 aliphatic heterocycles. The summed E-state index contributed by atoms with van der Waals surface area (Å²) >= 11 is 1.27. The van der Waals surface area contributed by atoms with Gasteiger partial charge in [0.1, 0.15) is 0 Å². The van der Waals surface area contributed by atoms with Crippen molar-refractivity contribution < 1.29 is 19.8 Å². The normalized spacial score (nSPS) is 10.3. The first-order valence-electron chi connectivity index (χ1n) is 6.36. The number of carbonyl (C=O) groups is 2. The van der Waals surface area contributed by atoms with Crippen LogP contribution < -0.4 is 22.3 Å². The lowest BCUT2D eigenvalue weighted by Crippen LogP contribution is -2.41. The van der Waals surface area contributed by atoms with Gasteiger partial charge in [-0.1, -0.05) is 11.8 Å². The van der Waals surface area contributed by atoms with Crippen LogP contribution in [0.3, 0.4) is 0 Å². The second kappa shape index (κ2) is 7.61. The number of hydrogen-bond donors (Lipinski definition) is 6. The first-order valence-corrected chi connectivity index (χ1v) is 7.17. The summed E-state index contributed by atoms with van der Waals surface area (Å²) in [5.74, 6) is 2.72. The Bertz CT molecular complexity index is 689. The first-order chi connectivity index (χ1) is 11.0. The predicted octanol–water partition coefficient (Wildman–Crippen LogP) is 1.53. The molecule has 0 aromatic heterocycles. The zero-order chi connectivity index (χ0) is 16.8. The van der Waals surface area contributed by atoms with Crippen molar-refractivity contribution in [3.05, 3.63) is 53.6 Å². The van der Waals surface area contributed by atoms with Crippen molar-refractivity contribution in [2.45, 2.75) is 9.79 Å². The van der Waals surface area contributed by atoms with E-state index in [-0.39, 0.29) is 11.1 Å². The molecule has 0 radical (unpaired) electrons. The van der Waals surface area contributed by atoms with Crippen LogP contribution in [0.5, 0.6) is 0 Å². The van der Waals surface area contributed by atoms with E-state index in [1.807, 2.05) is 0 Å². The van der Waals surface area contributed by atoms with Crippen LogP contribution in [0.2, 0.25) is 0 Å². The molecule has 0 heterocycles.